The highest BCUT2D eigenvalue weighted by Gasteiger charge is 2.19. The third-order valence-electron chi connectivity index (χ3n) is 5.59. The van der Waals surface area contributed by atoms with Gasteiger partial charge in [-0.05, 0) is 48.7 Å². The fourth-order valence-corrected chi connectivity index (χ4v) is 3.58. The van der Waals surface area contributed by atoms with Crippen LogP contribution in [0.25, 0.3) is 0 Å². The Labute approximate surface area is 198 Å². The highest BCUT2D eigenvalue weighted by Crippen LogP contribution is 2.21. The van der Waals surface area contributed by atoms with Crippen molar-refractivity contribution < 1.29 is 13.9 Å². The number of nitrogens with zero attached hydrogens (tertiary/aromatic N) is 1. The van der Waals surface area contributed by atoms with Gasteiger partial charge >= 0.3 is 0 Å². The fraction of sp³-hybridized carbons (Fsp3) is 0.360. The molecule has 180 valence electrons. The molecule has 0 fully saturated rings. The minimum atomic E-state index is -0.324. The third-order valence-corrected chi connectivity index (χ3v) is 5.59. The van der Waals surface area contributed by atoms with E-state index in [9.17, 15) is 9.18 Å². The molecule has 0 saturated heterocycles. The second-order valence-corrected chi connectivity index (χ2v) is 9.20. The van der Waals surface area contributed by atoms with Gasteiger partial charge in [0.15, 0.2) is 0 Å². The molecule has 6 bridgehead atoms. The second-order valence-electron chi connectivity index (χ2n) is 9.20. The number of carbonyl (C=O) groups is 1. The van der Waals surface area contributed by atoms with Crippen LogP contribution in [0.1, 0.15) is 36.2 Å². The Kier molecular flexibility index (Phi) is 7.32. The molecule has 5 N–H and O–H groups in total. The van der Waals surface area contributed by atoms with Gasteiger partial charge in [0.25, 0.3) is 5.91 Å². The molecule has 0 unspecified atom stereocenters. The maximum Gasteiger partial charge on any atom is 0.251 e. The predicted octanol–water partition coefficient (Wildman–Crippen LogP) is 4.03. The number of nitrogens with one attached hydrogen (secondary N) is 5. The molecule has 0 saturated carbocycles. The Morgan fingerprint density at radius 2 is 1.85 bits per heavy atom. The summed E-state index contributed by atoms with van der Waals surface area (Å²) >= 11 is 0. The van der Waals surface area contributed by atoms with E-state index in [1.54, 1.807) is 30.3 Å². The highest BCUT2D eigenvalue weighted by molar-refractivity contribution is 5.94. The Hall–Kier alpha value is -3.59. The monoisotopic (exact) mass is 466 g/mol. The zero-order chi connectivity index (χ0) is 24.0. The van der Waals surface area contributed by atoms with E-state index >= 15 is 0 Å². The molecule has 7 rings (SSSR count). The van der Waals surface area contributed by atoms with Gasteiger partial charge in [0, 0.05) is 48.6 Å². The van der Waals surface area contributed by atoms with Crippen molar-refractivity contribution in [2.45, 2.75) is 26.8 Å². The summed E-state index contributed by atoms with van der Waals surface area (Å²) in [6.07, 6.45) is 0.787. The van der Waals surface area contributed by atoms with Crippen LogP contribution in [0.5, 0.6) is 5.75 Å². The van der Waals surface area contributed by atoms with Crippen molar-refractivity contribution in [3.8, 4) is 5.75 Å². The van der Waals surface area contributed by atoms with Gasteiger partial charge in [-0.15, -0.1) is 0 Å². The van der Waals surface area contributed by atoms with Crippen LogP contribution in [0.4, 0.5) is 21.7 Å². The first-order valence-electron chi connectivity index (χ1n) is 11.4. The first-order chi connectivity index (χ1) is 16.4. The summed E-state index contributed by atoms with van der Waals surface area (Å²) in [6, 6.07) is 13.9. The molecular weight excluding hydrogens is 435 g/mol. The van der Waals surface area contributed by atoms with Gasteiger partial charge in [0.2, 0.25) is 0 Å². The maximum atomic E-state index is 14.5. The predicted molar refractivity (Wildman–Crippen MR) is 131 cm³/mol. The fourth-order valence-electron chi connectivity index (χ4n) is 3.58. The van der Waals surface area contributed by atoms with Crippen molar-refractivity contribution in [1.82, 2.24) is 20.8 Å². The summed E-state index contributed by atoms with van der Waals surface area (Å²) in [6.45, 7) is 7.04. The van der Waals surface area contributed by atoms with Gasteiger partial charge in [-0.1, -0.05) is 19.9 Å². The van der Waals surface area contributed by atoms with Crippen LogP contribution >= 0.6 is 0 Å². The van der Waals surface area contributed by atoms with E-state index in [4.69, 9.17) is 4.74 Å². The minimum absolute atomic E-state index is 0.103. The van der Waals surface area contributed by atoms with E-state index in [1.165, 1.54) is 6.07 Å². The topological polar surface area (TPSA) is 103 Å². The van der Waals surface area contributed by atoms with Crippen LogP contribution in [0.3, 0.4) is 0 Å². The summed E-state index contributed by atoms with van der Waals surface area (Å²) < 4.78 is 20.2. The first-order valence-corrected chi connectivity index (χ1v) is 11.4. The normalized spacial score (nSPS) is 17.1. The number of hydrogen-bond donors (Lipinski definition) is 5. The minimum Gasteiger partial charge on any atom is -0.493 e. The molecule has 4 aliphatic rings. The summed E-state index contributed by atoms with van der Waals surface area (Å²) in [5, 5.41) is 19.9. The van der Waals surface area contributed by atoms with Gasteiger partial charge in [-0.3, -0.25) is 9.89 Å². The van der Waals surface area contributed by atoms with Crippen molar-refractivity contribution in [2.24, 2.45) is 5.41 Å². The molecule has 8 nitrogen and oxygen atoms in total. The zero-order valence-corrected chi connectivity index (χ0v) is 19.5. The van der Waals surface area contributed by atoms with E-state index < -0.39 is 0 Å². The summed E-state index contributed by atoms with van der Waals surface area (Å²) in [5.41, 5.74) is 1.82. The van der Waals surface area contributed by atoms with E-state index in [2.05, 4.69) is 45.3 Å². The summed E-state index contributed by atoms with van der Waals surface area (Å²) in [7, 11) is 0. The molecule has 9 heteroatoms. The number of rotatable bonds is 0. The number of anilines is 3. The standard InChI is InChI=1S/C25H31FN6O2/c1-25(2)15-27-10-3-11-34-20-9-6-18(21(26)12-20)14-28-22-13-23(32-31-22)30-19-7-4-17(5-8-19)24(33)29-16-25/h4-9,12-13,27H,3,10-11,14-16H2,1-2H3,(H,29,33)(H3,28,30,31,32). The van der Waals surface area contributed by atoms with Crippen molar-refractivity contribution in [1.29, 1.82) is 0 Å². The molecule has 1 aromatic heterocycles. The Morgan fingerprint density at radius 1 is 1.03 bits per heavy atom. The van der Waals surface area contributed by atoms with Crippen LogP contribution in [0, 0.1) is 11.2 Å². The lowest BCUT2D eigenvalue weighted by molar-refractivity contribution is 0.0936. The number of H-pyrrole nitrogens is 1. The molecular formula is C25H31FN6O2. The number of carbonyl (C=O) groups excluding carboxylic acids is 1. The van der Waals surface area contributed by atoms with Gasteiger partial charge in [-0.25, -0.2) is 4.39 Å². The number of benzene rings is 2. The van der Waals surface area contributed by atoms with E-state index in [0.29, 0.717) is 48.2 Å². The van der Waals surface area contributed by atoms with Crippen molar-refractivity contribution >= 4 is 23.2 Å². The van der Waals surface area contributed by atoms with Crippen LogP contribution in [-0.2, 0) is 6.54 Å². The van der Waals surface area contributed by atoms with Gasteiger partial charge < -0.3 is 26.0 Å². The van der Waals surface area contributed by atoms with Gasteiger partial charge in [0.05, 0.1) is 6.61 Å². The SMILES string of the molecule is CC1(C)CNCCCOc2ccc(c(F)c2)CNc2cc([nH]n2)Nc2ccc(cc2)C(=O)NC1. The average Bonchev–Trinajstić information content (AvgIpc) is 3.26. The number of amides is 1. The number of halogens is 1. The lowest BCUT2D eigenvalue weighted by Crippen LogP contribution is -2.40. The lowest BCUT2D eigenvalue weighted by atomic mass is 9.93. The molecule has 1 amide bonds. The second kappa shape index (κ2) is 10.6. The first kappa shape index (κ1) is 23.6. The molecule has 0 radical (unpaired) electrons. The summed E-state index contributed by atoms with van der Waals surface area (Å²) in [5.74, 6) is 1.34. The Balaban J connectivity index is 1.48. The highest BCUT2D eigenvalue weighted by atomic mass is 19.1. The summed E-state index contributed by atoms with van der Waals surface area (Å²) in [4.78, 5) is 12.6. The number of aromatic nitrogens is 2. The van der Waals surface area contributed by atoms with E-state index in [-0.39, 0.29) is 17.1 Å². The molecule has 4 aliphatic heterocycles. The van der Waals surface area contributed by atoms with Crippen LogP contribution in [0.2, 0.25) is 0 Å². The van der Waals surface area contributed by atoms with Crippen molar-refractivity contribution in [3.63, 3.8) is 0 Å². The maximum absolute atomic E-state index is 14.5. The van der Waals surface area contributed by atoms with Crippen LogP contribution in [0.15, 0.2) is 48.5 Å². The molecule has 34 heavy (non-hydrogen) atoms. The van der Waals surface area contributed by atoms with Crippen molar-refractivity contribution in [3.05, 3.63) is 65.5 Å². The average molecular weight is 467 g/mol. The smallest absolute Gasteiger partial charge is 0.251 e. The molecule has 3 aromatic rings. The van der Waals surface area contributed by atoms with Crippen molar-refractivity contribution in [2.75, 3.05) is 36.9 Å². The third kappa shape index (κ3) is 6.48. The van der Waals surface area contributed by atoms with E-state index in [1.807, 2.05) is 12.1 Å². The number of ether oxygens (including phenoxy) is 1. The molecule has 0 aliphatic carbocycles. The zero-order valence-electron chi connectivity index (χ0n) is 19.5. The lowest BCUT2D eigenvalue weighted by Gasteiger charge is -2.25. The molecule has 0 spiro atoms. The van der Waals surface area contributed by atoms with Crippen LogP contribution < -0.4 is 26.0 Å². The molecule has 5 heterocycles. The number of aromatic amines is 1. The van der Waals surface area contributed by atoms with Gasteiger partial charge in [0.1, 0.15) is 23.2 Å². The quantitative estimate of drug-likeness (QED) is 0.343. The van der Waals surface area contributed by atoms with Gasteiger partial charge in [-0.2, -0.15) is 5.10 Å². The van der Waals surface area contributed by atoms with Crippen LogP contribution in [-0.4, -0.2) is 42.3 Å². The Bertz CT molecular complexity index is 1110. The van der Waals surface area contributed by atoms with E-state index in [0.717, 1.165) is 25.2 Å². The molecule has 2 aromatic carbocycles. The number of hydrogen-bond acceptors (Lipinski definition) is 6. The Morgan fingerprint density at radius 3 is 2.65 bits per heavy atom. The molecule has 0 atom stereocenters. The largest absolute Gasteiger partial charge is 0.493 e.